The molecule has 0 aliphatic carbocycles. The van der Waals surface area contributed by atoms with Gasteiger partial charge in [-0.05, 0) is 13.8 Å². The van der Waals surface area contributed by atoms with Gasteiger partial charge >= 0.3 is 0 Å². The van der Waals surface area contributed by atoms with Crippen molar-refractivity contribution in [3.63, 3.8) is 0 Å². The van der Waals surface area contributed by atoms with Gasteiger partial charge in [0.05, 0.1) is 18.4 Å². The van der Waals surface area contributed by atoms with E-state index in [1.807, 2.05) is 19.2 Å². The molecule has 0 fully saturated rings. The number of thiazole rings is 1. The van der Waals surface area contributed by atoms with Crippen LogP contribution in [0.25, 0.3) is 0 Å². The van der Waals surface area contributed by atoms with Gasteiger partial charge in [-0.25, -0.2) is 9.97 Å². The molecule has 0 aliphatic heterocycles. The first-order valence-corrected chi connectivity index (χ1v) is 6.71. The molecule has 2 heterocycles. The largest absolute Gasteiger partial charge is 0.372 e. The standard InChI is InChI=1S/C12H15N5OS/c1-7-6-19-12(15-7)8(2)16-11(18)9-4-14-5-10(13-3)17-9/h4-6,8H,1-3H3,(H,13,17)(H,16,18). The molecule has 2 rings (SSSR count). The Labute approximate surface area is 115 Å². The van der Waals surface area contributed by atoms with Gasteiger partial charge in [0, 0.05) is 18.1 Å². The van der Waals surface area contributed by atoms with Crippen LogP contribution in [0.2, 0.25) is 0 Å². The van der Waals surface area contributed by atoms with Gasteiger partial charge in [0.25, 0.3) is 5.91 Å². The average Bonchev–Trinajstić information content (AvgIpc) is 2.85. The molecule has 7 heteroatoms. The fourth-order valence-corrected chi connectivity index (χ4v) is 2.30. The zero-order chi connectivity index (χ0) is 13.8. The fraction of sp³-hybridized carbons (Fsp3) is 0.333. The lowest BCUT2D eigenvalue weighted by atomic mass is 10.3. The summed E-state index contributed by atoms with van der Waals surface area (Å²) in [7, 11) is 1.73. The normalized spacial score (nSPS) is 11.9. The molecule has 0 radical (unpaired) electrons. The number of nitrogens with one attached hydrogen (secondary N) is 2. The van der Waals surface area contributed by atoms with Gasteiger partial charge in [-0.3, -0.25) is 9.78 Å². The van der Waals surface area contributed by atoms with Gasteiger partial charge < -0.3 is 10.6 Å². The van der Waals surface area contributed by atoms with Gasteiger partial charge in [-0.2, -0.15) is 0 Å². The number of anilines is 1. The first kappa shape index (κ1) is 13.4. The Kier molecular flexibility index (Phi) is 4.06. The Morgan fingerprint density at radius 2 is 2.16 bits per heavy atom. The van der Waals surface area contributed by atoms with E-state index in [1.165, 1.54) is 17.5 Å². The molecule has 0 aliphatic rings. The number of rotatable bonds is 4. The Bertz CT molecular complexity index is 583. The molecule has 0 bridgehead atoms. The summed E-state index contributed by atoms with van der Waals surface area (Å²) >= 11 is 1.53. The minimum absolute atomic E-state index is 0.147. The van der Waals surface area contributed by atoms with Crippen molar-refractivity contribution in [1.29, 1.82) is 0 Å². The van der Waals surface area contributed by atoms with E-state index in [9.17, 15) is 4.79 Å². The van der Waals surface area contributed by atoms with Gasteiger partial charge in [-0.1, -0.05) is 0 Å². The van der Waals surface area contributed by atoms with Crippen LogP contribution in [0.15, 0.2) is 17.8 Å². The van der Waals surface area contributed by atoms with Crippen molar-refractivity contribution < 1.29 is 4.79 Å². The third-order valence-electron chi connectivity index (χ3n) is 2.48. The van der Waals surface area contributed by atoms with Crippen molar-refractivity contribution in [3.05, 3.63) is 34.2 Å². The predicted octanol–water partition coefficient (Wildman–Crippen LogP) is 1.77. The van der Waals surface area contributed by atoms with Crippen molar-refractivity contribution in [2.24, 2.45) is 0 Å². The molecule has 19 heavy (non-hydrogen) atoms. The molecule has 2 aromatic heterocycles. The van der Waals surface area contributed by atoms with Crippen LogP contribution in [0.1, 0.15) is 34.2 Å². The van der Waals surface area contributed by atoms with E-state index in [4.69, 9.17) is 0 Å². The topological polar surface area (TPSA) is 79.8 Å². The Balaban J connectivity index is 2.08. The van der Waals surface area contributed by atoms with Crippen molar-refractivity contribution in [2.45, 2.75) is 19.9 Å². The Hall–Kier alpha value is -2.02. The summed E-state index contributed by atoms with van der Waals surface area (Å²) in [5.74, 6) is 0.301. The quantitative estimate of drug-likeness (QED) is 0.890. The minimum atomic E-state index is -0.259. The average molecular weight is 277 g/mol. The summed E-state index contributed by atoms with van der Waals surface area (Å²) in [5, 5.41) is 8.54. The van der Waals surface area contributed by atoms with Crippen LogP contribution in [0, 0.1) is 6.92 Å². The van der Waals surface area contributed by atoms with E-state index in [0.29, 0.717) is 5.82 Å². The lowest BCUT2D eigenvalue weighted by Crippen LogP contribution is -2.27. The first-order valence-electron chi connectivity index (χ1n) is 5.83. The van der Waals surface area contributed by atoms with Gasteiger partial charge in [0.15, 0.2) is 0 Å². The lowest BCUT2D eigenvalue weighted by Gasteiger charge is -2.11. The highest BCUT2D eigenvalue weighted by Gasteiger charge is 2.15. The highest BCUT2D eigenvalue weighted by molar-refractivity contribution is 7.09. The number of aryl methyl sites for hydroxylation is 1. The third-order valence-corrected chi connectivity index (χ3v) is 3.62. The summed E-state index contributed by atoms with van der Waals surface area (Å²) in [6.45, 7) is 3.82. The maximum Gasteiger partial charge on any atom is 0.272 e. The fourth-order valence-electron chi connectivity index (χ4n) is 1.50. The molecule has 1 atom stereocenters. The molecule has 0 saturated carbocycles. The van der Waals surface area contributed by atoms with Crippen LogP contribution in [0.5, 0.6) is 0 Å². The van der Waals surface area contributed by atoms with Crippen molar-refractivity contribution in [3.8, 4) is 0 Å². The molecule has 6 nitrogen and oxygen atoms in total. The molecule has 0 spiro atoms. The molecule has 100 valence electrons. The smallest absolute Gasteiger partial charge is 0.272 e. The maximum absolute atomic E-state index is 12.0. The van der Waals surface area contributed by atoms with Crippen LogP contribution < -0.4 is 10.6 Å². The van der Waals surface area contributed by atoms with E-state index in [2.05, 4.69) is 25.6 Å². The van der Waals surface area contributed by atoms with E-state index in [-0.39, 0.29) is 17.6 Å². The maximum atomic E-state index is 12.0. The summed E-state index contributed by atoms with van der Waals surface area (Å²) in [5.41, 5.74) is 1.24. The second kappa shape index (κ2) is 5.75. The number of aromatic nitrogens is 3. The predicted molar refractivity (Wildman–Crippen MR) is 74.3 cm³/mol. The molecular formula is C12H15N5OS. The second-order valence-electron chi connectivity index (χ2n) is 4.06. The lowest BCUT2D eigenvalue weighted by molar-refractivity contribution is 0.0934. The minimum Gasteiger partial charge on any atom is -0.372 e. The SMILES string of the molecule is CNc1cncc(C(=O)NC(C)c2nc(C)cs2)n1. The van der Waals surface area contributed by atoms with Crippen LogP contribution in [0.4, 0.5) is 5.82 Å². The van der Waals surface area contributed by atoms with Crippen LogP contribution in [0.3, 0.4) is 0 Å². The Morgan fingerprint density at radius 3 is 2.79 bits per heavy atom. The van der Waals surface area contributed by atoms with Crippen LogP contribution >= 0.6 is 11.3 Å². The monoisotopic (exact) mass is 277 g/mol. The van der Waals surface area contributed by atoms with E-state index >= 15 is 0 Å². The summed E-state index contributed by atoms with van der Waals surface area (Å²) in [6, 6.07) is -0.147. The first-order chi connectivity index (χ1) is 9.10. The van der Waals surface area contributed by atoms with Crippen molar-refractivity contribution in [1.82, 2.24) is 20.3 Å². The number of nitrogens with zero attached hydrogens (tertiary/aromatic N) is 3. The Morgan fingerprint density at radius 1 is 1.37 bits per heavy atom. The number of carbonyl (C=O) groups is 1. The van der Waals surface area contributed by atoms with Gasteiger partial charge in [-0.15, -0.1) is 11.3 Å². The molecule has 1 unspecified atom stereocenters. The third kappa shape index (κ3) is 3.25. The van der Waals surface area contributed by atoms with E-state index < -0.39 is 0 Å². The van der Waals surface area contributed by atoms with Crippen molar-refractivity contribution in [2.75, 3.05) is 12.4 Å². The number of amides is 1. The van der Waals surface area contributed by atoms with E-state index in [1.54, 1.807) is 13.2 Å². The van der Waals surface area contributed by atoms with Crippen LogP contribution in [-0.4, -0.2) is 27.9 Å². The summed E-state index contributed by atoms with van der Waals surface area (Å²) in [4.78, 5) is 24.5. The zero-order valence-electron chi connectivity index (χ0n) is 11.0. The van der Waals surface area contributed by atoms with Gasteiger partial charge in [0.1, 0.15) is 16.5 Å². The second-order valence-corrected chi connectivity index (χ2v) is 4.95. The zero-order valence-corrected chi connectivity index (χ0v) is 11.8. The highest BCUT2D eigenvalue weighted by Crippen LogP contribution is 2.17. The van der Waals surface area contributed by atoms with Gasteiger partial charge in [0.2, 0.25) is 0 Å². The summed E-state index contributed by atoms with van der Waals surface area (Å²) < 4.78 is 0. The molecule has 2 N–H and O–H groups in total. The number of hydrogen-bond acceptors (Lipinski definition) is 6. The molecule has 2 aromatic rings. The van der Waals surface area contributed by atoms with E-state index in [0.717, 1.165) is 10.7 Å². The van der Waals surface area contributed by atoms with Crippen LogP contribution in [-0.2, 0) is 0 Å². The molecule has 0 saturated heterocycles. The van der Waals surface area contributed by atoms with Crippen molar-refractivity contribution >= 4 is 23.1 Å². The molecule has 0 aromatic carbocycles. The summed E-state index contributed by atoms with van der Waals surface area (Å²) in [6.07, 6.45) is 3.00. The number of hydrogen-bond donors (Lipinski definition) is 2. The highest BCUT2D eigenvalue weighted by atomic mass is 32.1. The number of carbonyl (C=O) groups excluding carboxylic acids is 1. The molecular weight excluding hydrogens is 262 g/mol. The molecule has 1 amide bonds.